The third-order valence-corrected chi connectivity index (χ3v) is 3.62. The normalized spacial score (nSPS) is 10.6. The Bertz CT molecular complexity index is 694. The van der Waals surface area contributed by atoms with Crippen molar-refractivity contribution in [2.75, 3.05) is 45.8 Å². The number of amides is 2. The predicted octanol–water partition coefficient (Wildman–Crippen LogP) is 1.90. The molecule has 0 aliphatic carbocycles. The van der Waals surface area contributed by atoms with Gasteiger partial charge in [-0.05, 0) is 22.9 Å². The number of anilines is 1. The fourth-order valence-electron chi connectivity index (χ4n) is 2.31. The average molecular weight is 330 g/mol. The van der Waals surface area contributed by atoms with Gasteiger partial charge >= 0.3 is 11.8 Å². The van der Waals surface area contributed by atoms with Crippen molar-refractivity contribution in [3.8, 4) is 0 Å². The zero-order valence-corrected chi connectivity index (χ0v) is 14.0. The Morgan fingerprint density at radius 3 is 2.21 bits per heavy atom. The fourth-order valence-corrected chi connectivity index (χ4v) is 2.31. The van der Waals surface area contributed by atoms with E-state index in [0.717, 1.165) is 10.8 Å². The van der Waals surface area contributed by atoms with Gasteiger partial charge in [0.2, 0.25) is 0 Å². The standard InChI is InChI=1S/C18H22N2O4/c1-23-11-9-20(10-12-24-2)18(22)17(21)19-16-8-7-14-5-3-4-6-15(14)13-16/h3-8,13H,9-12H2,1-2H3,(H,19,21). The summed E-state index contributed by atoms with van der Waals surface area (Å²) in [5, 5.41) is 4.73. The van der Waals surface area contributed by atoms with Crippen LogP contribution in [0.5, 0.6) is 0 Å². The Labute approximate surface area is 141 Å². The van der Waals surface area contributed by atoms with Gasteiger partial charge in [-0.15, -0.1) is 0 Å². The van der Waals surface area contributed by atoms with Crippen molar-refractivity contribution in [2.45, 2.75) is 0 Å². The Morgan fingerprint density at radius 2 is 1.58 bits per heavy atom. The summed E-state index contributed by atoms with van der Waals surface area (Å²) in [6, 6.07) is 13.4. The van der Waals surface area contributed by atoms with Crippen LogP contribution in [0.1, 0.15) is 0 Å². The van der Waals surface area contributed by atoms with E-state index in [0.29, 0.717) is 32.0 Å². The number of hydrogen-bond acceptors (Lipinski definition) is 4. The number of fused-ring (bicyclic) bond motifs is 1. The molecule has 6 nitrogen and oxygen atoms in total. The summed E-state index contributed by atoms with van der Waals surface area (Å²) < 4.78 is 9.96. The van der Waals surface area contributed by atoms with Crippen molar-refractivity contribution in [1.29, 1.82) is 0 Å². The lowest BCUT2D eigenvalue weighted by molar-refractivity contribution is -0.144. The molecule has 0 unspecified atom stereocenters. The molecule has 0 bridgehead atoms. The molecule has 0 spiro atoms. The molecule has 0 heterocycles. The lowest BCUT2D eigenvalue weighted by atomic mass is 10.1. The van der Waals surface area contributed by atoms with Crippen molar-refractivity contribution in [3.05, 3.63) is 42.5 Å². The summed E-state index contributed by atoms with van der Waals surface area (Å²) >= 11 is 0. The van der Waals surface area contributed by atoms with E-state index in [1.165, 1.54) is 4.90 Å². The molecule has 2 rings (SSSR count). The van der Waals surface area contributed by atoms with Crippen molar-refractivity contribution in [3.63, 3.8) is 0 Å². The number of ether oxygens (including phenoxy) is 2. The molecule has 24 heavy (non-hydrogen) atoms. The first kappa shape index (κ1) is 17.9. The van der Waals surface area contributed by atoms with Crippen LogP contribution in [0.2, 0.25) is 0 Å². The first-order valence-electron chi connectivity index (χ1n) is 7.72. The number of methoxy groups -OCH3 is 2. The summed E-state index contributed by atoms with van der Waals surface area (Å²) in [4.78, 5) is 26.0. The monoisotopic (exact) mass is 330 g/mol. The highest BCUT2D eigenvalue weighted by molar-refractivity contribution is 6.39. The molecule has 0 radical (unpaired) electrons. The summed E-state index contributed by atoms with van der Waals surface area (Å²) in [6.45, 7) is 1.39. The highest BCUT2D eigenvalue weighted by atomic mass is 16.5. The molecular weight excluding hydrogens is 308 g/mol. The van der Waals surface area contributed by atoms with Crippen molar-refractivity contribution < 1.29 is 19.1 Å². The molecule has 0 aliphatic rings. The lowest BCUT2D eigenvalue weighted by Gasteiger charge is -2.21. The molecule has 1 N–H and O–H groups in total. The fraction of sp³-hybridized carbons (Fsp3) is 0.333. The number of benzene rings is 2. The zero-order valence-electron chi connectivity index (χ0n) is 14.0. The van der Waals surface area contributed by atoms with Gasteiger partial charge in [-0.1, -0.05) is 30.3 Å². The molecule has 6 heteroatoms. The Hall–Kier alpha value is -2.44. The van der Waals surface area contributed by atoms with Gasteiger partial charge in [0.15, 0.2) is 0 Å². The second-order valence-electron chi connectivity index (χ2n) is 5.29. The van der Waals surface area contributed by atoms with Gasteiger partial charge in [0, 0.05) is 33.0 Å². The highest BCUT2D eigenvalue weighted by Gasteiger charge is 2.21. The van der Waals surface area contributed by atoms with Crippen LogP contribution in [-0.2, 0) is 19.1 Å². The first-order chi connectivity index (χ1) is 11.7. The van der Waals surface area contributed by atoms with Crippen LogP contribution in [-0.4, -0.2) is 57.2 Å². The van der Waals surface area contributed by atoms with Gasteiger partial charge < -0.3 is 19.7 Å². The lowest BCUT2D eigenvalue weighted by Crippen LogP contribution is -2.43. The van der Waals surface area contributed by atoms with Crippen LogP contribution < -0.4 is 5.32 Å². The highest BCUT2D eigenvalue weighted by Crippen LogP contribution is 2.18. The first-order valence-corrected chi connectivity index (χ1v) is 7.72. The summed E-state index contributed by atoms with van der Waals surface area (Å²) in [5.41, 5.74) is 0.588. The van der Waals surface area contributed by atoms with Crippen LogP contribution in [0, 0.1) is 0 Å². The van der Waals surface area contributed by atoms with Gasteiger partial charge in [0.1, 0.15) is 0 Å². The van der Waals surface area contributed by atoms with Crippen LogP contribution >= 0.6 is 0 Å². The molecule has 128 valence electrons. The minimum Gasteiger partial charge on any atom is -0.383 e. The quantitative estimate of drug-likeness (QED) is 0.788. The number of nitrogens with one attached hydrogen (secondary N) is 1. The molecule has 0 atom stereocenters. The minimum atomic E-state index is -0.669. The second-order valence-corrected chi connectivity index (χ2v) is 5.29. The molecular formula is C18H22N2O4. The maximum Gasteiger partial charge on any atom is 0.313 e. The number of nitrogens with zero attached hydrogens (tertiary/aromatic N) is 1. The zero-order chi connectivity index (χ0) is 17.4. The minimum absolute atomic E-state index is 0.337. The number of carbonyl (C=O) groups excluding carboxylic acids is 2. The summed E-state index contributed by atoms with van der Waals surface area (Å²) in [7, 11) is 3.10. The van der Waals surface area contributed by atoms with E-state index in [4.69, 9.17) is 9.47 Å². The van der Waals surface area contributed by atoms with Crippen LogP contribution in [0.3, 0.4) is 0 Å². The Kier molecular flexibility index (Phi) is 6.72. The molecule has 0 aliphatic heterocycles. The third kappa shape index (κ3) is 4.78. The Morgan fingerprint density at radius 1 is 0.958 bits per heavy atom. The van der Waals surface area contributed by atoms with Crippen LogP contribution in [0.4, 0.5) is 5.69 Å². The smallest absolute Gasteiger partial charge is 0.313 e. The molecule has 0 saturated heterocycles. The van der Waals surface area contributed by atoms with Gasteiger partial charge in [0.25, 0.3) is 0 Å². The van der Waals surface area contributed by atoms with Gasteiger partial charge in [-0.3, -0.25) is 9.59 Å². The Balaban J connectivity index is 2.05. The maximum atomic E-state index is 12.3. The number of hydrogen-bond donors (Lipinski definition) is 1. The van der Waals surface area contributed by atoms with Gasteiger partial charge in [-0.25, -0.2) is 0 Å². The SMILES string of the molecule is COCCN(CCOC)C(=O)C(=O)Nc1ccc2ccccc2c1. The van der Waals surface area contributed by atoms with E-state index in [1.54, 1.807) is 20.3 Å². The van der Waals surface area contributed by atoms with Gasteiger partial charge in [0.05, 0.1) is 13.2 Å². The number of carbonyl (C=O) groups is 2. The van der Waals surface area contributed by atoms with Crippen LogP contribution in [0.25, 0.3) is 10.8 Å². The summed E-state index contributed by atoms with van der Waals surface area (Å²) in [6.07, 6.45) is 0. The van der Waals surface area contributed by atoms with E-state index >= 15 is 0 Å². The van der Waals surface area contributed by atoms with Crippen molar-refractivity contribution >= 4 is 28.3 Å². The van der Waals surface area contributed by atoms with Crippen molar-refractivity contribution in [1.82, 2.24) is 4.90 Å². The average Bonchev–Trinajstić information content (AvgIpc) is 2.61. The van der Waals surface area contributed by atoms with E-state index in [2.05, 4.69) is 5.32 Å². The third-order valence-electron chi connectivity index (χ3n) is 3.62. The molecule has 0 fully saturated rings. The topological polar surface area (TPSA) is 67.9 Å². The molecule has 2 amide bonds. The largest absolute Gasteiger partial charge is 0.383 e. The number of rotatable bonds is 7. The van der Waals surface area contributed by atoms with Gasteiger partial charge in [-0.2, -0.15) is 0 Å². The van der Waals surface area contributed by atoms with E-state index < -0.39 is 11.8 Å². The van der Waals surface area contributed by atoms with Crippen LogP contribution in [0.15, 0.2) is 42.5 Å². The van der Waals surface area contributed by atoms with E-state index in [-0.39, 0.29) is 0 Å². The molecule has 2 aromatic rings. The molecule has 0 aromatic heterocycles. The maximum absolute atomic E-state index is 12.3. The van der Waals surface area contributed by atoms with E-state index in [9.17, 15) is 9.59 Å². The second kappa shape index (κ2) is 9.00. The summed E-state index contributed by atoms with van der Waals surface area (Å²) in [5.74, 6) is -1.27. The predicted molar refractivity (Wildman–Crippen MR) is 92.9 cm³/mol. The molecule has 2 aromatic carbocycles. The van der Waals surface area contributed by atoms with E-state index in [1.807, 2.05) is 36.4 Å². The van der Waals surface area contributed by atoms with Crippen molar-refractivity contribution in [2.24, 2.45) is 0 Å². The molecule has 0 saturated carbocycles.